The minimum atomic E-state index is -0.369. The number of benzene rings is 1. The summed E-state index contributed by atoms with van der Waals surface area (Å²) in [5.74, 6) is -0.689. The summed E-state index contributed by atoms with van der Waals surface area (Å²) in [6.07, 6.45) is 6.47. The van der Waals surface area contributed by atoms with Crippen molar-refractivity contribution in [1.29, 1.82) is 0 Å². The van der Waals surface area contributed by atoms with Gasteiger partial charge >= 0.3 is 0 Å². The second-order valence-electron chi connectivity index (χ2n) is 6.16. The Kier molecular flexibility index (Phi) is 7.35. The predicted molar refractivity (Wildman–Crippen MR) is 93.4 cm³/mol. The zero-order valence-corrected chi connectivity index (χ0v) is 14.2. The van der Waals surface area contributed by atoms with Crippen LogP contribution in [-0.2, 0) is 14.4 Å². The Morgan fingerprint density at radius 1 is 1.08 bits per heavy atom. The van der Waals surface area contributed by atoms with E-state index < -0.39 is 0 Å². The summed E-state index contributed by atoms with van der Waals surface area (Å²) in [6.45, 7) is 0.445. The van der Waals surface area contributed by atoms with Gasteiger partial charge in [-0.3, -0.25) is 24.5 Å². The molecule has 1 heterocycles. The number of unbranched alkanes of at least 4 members (excludes halogenated alkanes) is 4. The summed E-state index contributed by atoms with van der Waals surface area (Å²) >= 11 is 0. The summed E-state index contributed by atoms with van der Waals surface area (Å²) in [5.41, 5.74) is 3.08. The Labute approximate surface area is 147 Å². The average Bonchev–Trinajstić information content (AvgIpc) is 2.88. The lowest BCUT2D eigenvalue weighted by Crippen LogP contribution is -2.30. The van der Waals surface area contributed by atoms with Gasteiger partial charge < -0.3 is 0 Å². The maximum absolute atomic E-state index is 12.4. The van der Waals surface area contributed by atoms with Gasteiger partial charge in [-0.25, -0.2) is 5.48 Å². The van der Waals surface area contributed by atoms with E-state index in [9.17, 15) is 14.4 Å². The number of hydrogen-bond acceptors (Lipinski definition) is 4. The minimum absolute atomic E-state index is 0.133. The molecule has 25 heavy (non-hydrogen) atoms. The lowest BCUT2D eigenvalue weighted by molar-refractivity contribution is -0.137. The third kappa shape index (κ3) is 5.83. The number of nitrogens with one attached hydrogen (secondary N) is 1. The molecule has 0 unspecified atom stereocenters. The first-order valence-corrected chi connectivity index (χ1v) is 8.65. The zero-order chi connectivity index (χ0) is 18.1. The first kappa shape index (κ1) is 18.9. The van der Waals surface area contributed by atoms with E-state index in [-0.39, 0.29) is 24.1 Å². The van der Waals surface area contributed by atoms with Crippen LogP contribution in [0.2, 0.25) is 0 Å². The summed E-state index contributed by atoms with van der Waals surface area (Å²) in [5, 5.41) is 8.39. The van der Waals surface area contributed by atoms with Crippen LogP contribution in [0.4, 0.5) is 0 Å². The second-order valence-corrected chi connectivity index (χ2v) is 6.16. The molecule has 1 saturated heterocycles. The van der Waals surface area contributed by atoms with Crippen molar-refractivity contribution >= 4 is 23.8 Å². The van der Waals surface area contributed by atoms with Crippen molar-refractivity contribution < 1.29 is 19.6 Å². The lowest BCUT2D eigenvalue weighted by atomic mass is 10.1. The fourth-order valence-corrected chi connectivity index (χ4v) is 2.85. The van der Waals surface area contributed by atoms with Crippen LogP contribution in [0.15, 0.2) is 35.9 Å². The Bertz CT molecular complexity index is 640. The molecule has 0 saturated carbocycles. The van der Waals surface area contributed by atoms with Crippen molar-refractivity contribution in [3.05, 3.63) is 41.5 Å². The van der Waals surface area contributed by atoms with Gasteiger partial charge in [-0.05, 0) is 24.5 Å². The largest absolute Gasteiger partial charge is 0.289 e. The van der Waals surface area contributed by atoms with E-state index in [1.165, 1.54) is 4.90 Å². The standard InChI is InChI=1S/C19H24N2O4/c22-17(20-25)11-7-2-1-3-8-12-21-18(23)14-16(19(21)24)13-15-9-5-4-6-10-15/h4-6,9-10,13,25H,1-3,7-8,11-12,14H2,(H,20,22)/b16-13+. The number of likely N-dealkylation sites (tertiary alicyclic amines) is 1. The van der Waals surface area contributed by atoms with Crippen molar-refractivity contribution in [2.24, 2.45) is 0 Å². The van der Waals surface area contributed by atoms with Crippen LogP contribution in [-0.4, -0.2) is 34.4 Å². The number of rotatable bonds is 9. The van der Waals surface area contributed by atoms with Crippen LogP contribution in [0.1, 0.15) is 50.5 Å². The van der Waals surface area contributed by atoms with E-state index in [0.29, 0.717) is 18.5 Å². The Morgan fingerprint density at radius 3 is 2.48 bits per heavy atom. The molecule has 1 aliphatic heterocycles. The topological polar surface area (TPSA) is 86.7 Å². The monoisotopic (exact) mass is 344 g/mol. The summed E-state index contributed by atoms with van der Waals surface area (Å²) in [7, 11) is 0. The molecule has 2 rings (SSSR count). The number of imide groups is 1. The number of amides is 3. The molecule has 6 nitrogen and oxygen atoms in total. The van der Waals surface area contributed by atoms with Crippen molar-refractivity contribution in [2.75, 3.05) is 6.54 Å². The fraction of sp³-hybridized carbons (Fsp3) is 0.421. The van der Waals surface area contributed by atoms with Crippen LogP contribution < -0.4 is 5.48 Å². The number of nitrogens with zero attached hydrogens (tertiary/aromatic N) is 1. The molecular weight excluding hydrogens is 320 g/mol. The molecule has 0 aromatic heterocycles. The Hall–Kier alpha value is -2.47. The van der Waals surface area contributed by atoms with Crippen molar-refractivity contribution in [3.8, 4) is 0 Å². The van der Waals surface area contributed by atoms with Crippen molar-refractivity contribution in [2.45, 2.75) is 44.9 Å². The quantitative estimate of drug-likeness (QED) is 0.237. The van der Waals surface area contributed by atoms with E-state index in [1.54, 1.807) is 11.6 Å². The molecule has 3 amide bonds. The van der Waals surface area contributed by atoms with E-state index in [2.05, 4.69) is 0 Å². The van der Waals surface area contributed by atoms with Crippen LogP contribution >= 0.6 is 0 Å². The SMILES string of the molecule is O=C(CCCCCCCN1C(=O)C/C(=C\c2ccccc2)C1=O)NO. The van der Waals surface area contributed by atoms with Gasteiger partial charge in [0.1, 0.15) is 0 Å². The van der Waals surface area contributed by atoms with Gasteiger partial charge in [-0.1, -0.05) is 49.6 Å². The van der Waals surface area contributed by atoms with Gasteiger partial charge in [0.25, 0.3) is 5.91 Å². The highest BCUT2D eigenvalue weighted by Gasteiger charge is 2.32. The molecule has 134 valence electrons. The molecule has 1 fully saturated rings. The summed E-state index contributed by atoms with van der Waals surface area (Å²) < 4.78 is 0. The number of hydrogen-bond donors (Lipinski definition) is 2. The van der Waals surface area contributed by atoms with Gasteiger partial charge in [0.15, 0.2) is 0 Å². The Morgan fingerprint density at radius 2 is 1.76 bits per heavy atom. The fourth-order valence-electron chi connectivity index (χ4n) is 2.85. The van der Waals surface area contributed by atoms with Crippen LogP contribution in [0.25, 0.3) is 6.08 Å². The van der Waals surface area contributed by atoms with E-state index >= 15 is 0 Å². The molecular formula is C19H24N2O4. The van der Waals surface area contributed by atoms with Gasteiger partial charge in [0.2, 0.25) is 11.8 Å². The van der Waals surface area contributed by atoms with Crippen molar-refractivity contribution in [3.63, 3.8) is 0 Å². The molecule has 0 atom stereocenters. The number of carbonyl (C=O) groups excluding carboxylic acids is 3. The molecule has 0 bridgehead atoms. The number of carbonyl (C=O) groups is 3. The maximum atomic E-state index is 12.4. The van der Waals surface area contributed by atoms with Crippen LogP contribution in [0.5, 0.6) is 0 Å². The molecule has 0 radical (unpaired) electrons. The third-order valence-corrected chi connectivity index (χ3v) is 4.21. The van der Waals surface area contributed by atoms with Gasteiger partial charge in [-0.15, -0.1) is 0 Å². The molecule has 2 N–H and O–H groups in total. The molecule has 0 spiro atoms. The highest BCUT2D eigenvalue weighted by molar-refractivity contribution is 6.15. The van der Waals surface area contributed by atoms with Gasteiger partial charge in [0.05, 0.1) is 6.42 Å². The minimum Gasteiger partial charge on any atom is -0.289 e. The normalized spacial score (nSPS) is 15.9. The van der Waals surface area contributed by atoms with Crippen molar-refractivity contribution in [1.82, 2.24) is 10.4 Å². The molecule has 1 aliphatic rings. The highest BCUT2D eigenvalue weighted by Crippen LogP contribution is 2.22. The van der Waals surface area contributed by atoms with Crippen LogP contribution in [0.3, 0.4) is 0 Å². The molecule has 0 aliphatic carbocycles. The van der Waals surface area contributed by atoms with Crippen LogP contribution in [0, 0.1) is 0 Å². The number of hydroxylamine groups is 1. The third-order valence-electron chi connectivity index (χ3n) is 4.21. The van der Waals surface area contributed by atoms with E-state index in [0.717, 1.165) is 37.7 Å². The zero-order valence-electron chi connectivity index (χ0n) is 14.2. The first-order valence-electron chi connectivity index (χ1n) is 8.65. The van der Waals surface area contributed by atoms with Gasteiger partial charge in [-0.2, -0.15) is 0 Å². The molecule has 1 aromatic rings. The average molecular weight is 344 g/mol. The highest BCUT2D eigenvalue weighted by atomic mass is 16.5. The van der Waals surface area contributed by atoms with E-state index in [1.807, 2.05) is 30.3 Å². The Balaban J connectivity index is 1.72. The smallest absolute Gasteiger partial charge is 0.256 e. The van der Waals surface area contributed by atoms with E-state index in [4.69, 9.17) is 5.21 Å². The predicted octanol–water partition coefficient (Wildman–Crippen LogP) is 2.67. The summed E-state index contributed by atoms with van der Waals surface area (Å²) in [6, 6.07) is 9.52. The summed E-state index contributed by atoms with van der Waals surface area (Å²) in [4.78, 5) is 36.6. The lowest BCUT2D eigenvalue weighted by Gasteiger charge is -2.13. The first-order chi connectivity index (χ1) is 12.1. The maximum Gasteiger partial charge on any atom is 0.256 e. The molecule has 1 aromatic carbocycles. The second kappa shape index (κ2) is 9.74. The molecule has 6 heteroatoms. The van der Waals surface area contributed by atoms with Gasteiger partial charge in [0, 0.05) is 18.5 Å².